The van der Waals surface area contributed by atoms with Crippen molar-refractivity contribution in [1.29, 1.82) is 0 Å². The van der Waals surface area contributed by atoms with Gasteiger partial charge in [-0.2, -0.15) is 13.2 Å². The van der Waals surface area contributed by atoms with Gasteiger partial charge in [-0.15, -0.1) is 0 Å². The lowest BCUT2D eigenvalue weighted by molar-refractivity contribution is -0.137. The zero-order valence-electron chi connectivity index (χ0n) is 12.7. The molecule has 1 saturated heterocycles. The second kappa shape index (κ2) is 6.89. The Kier molecular flexibility index (Phi) is 5.46. The molecular weight excluding hydrogens is 369 g/mol. The van der Waals surface area contributed by atoms with Crippen molar-refractivity contribution in [3.05, 3.63) is 28.8 Å². The Hall–Kier alpha value is -1.32. The highest BCUT2D eigenvalue weighted by atomic mass is 35.5. The van der Waals surface area contributed by atoms with Crippen LogP contribution in [-0.4, -0.2) is 38.0 Å². The molecule has 10 heteroatoms. The molecule has 0 unspecified atom stereocenters. The van der Waals surface area contributed by atoms with E-state index < -0.39 is 33.6 Å². The van der Waals surface area contributed by atoms with Gasteiger partial charge in [-0.1, -0.05) is 11.6 Å². The first-order chi connectivity index (χ1) is 11.0. The maximum Gasteiger partial charge on any atom is 0.418 e. The third kappa shape index (κ3) is 4.61. The summed E-state index contributed by atoms with van der Waals surface area (Å²) in [4.78, 5) is 12.2. The lowest BCUT2D eigenvalue weighted by Gasteiger charge is -2.29. The minimum absolute atomic E-state index is 0.0817. The predicted molar refractivity (Wildman–Crippen MR) is 84.2 cm³/mol. The highest BCUT2D eigenvalue weighted by Gasteiger charge is 2.35. The fourth-order valence-electron chi connectivity index (χ4n) is 2.54. The molecule has 1 aliphatic rings. The summed E-state index contributed by atoms with van der Waals surface area (Å²) in [5.74, 6) is -1.10. The van der Waals surface area contributed by atoms with E-state index in [1.165, 1.54) is 10.4 Å². The standard InChI is InChI=1S/C14H16ClF3N2O3S/c1-24(22,23)20-6-4-9(5-7-20)13(21)19-12-3-2-10(15)8-11(12)14(16,17)18/h2-3,8-9H,4-7H2,1H3,(H,19,21). The number of benzene rings is 1. The van der Waals surface area contributed by atoms with Gasteiger partial charge >= 0.3 is 6.18 Å². The number of hydrogen-bond acceptors (Lipinski definition) is 3. The quantitative estimate of drug-likeness (QED) is 0.871. The normalized spacial score (nSPS) is 17.7. The van der Waals surface area contributed by atoms with Crippen molar-refractivity contribution in [1.82, 2.24) is 4.31 Å². The van der Waals surface area contributed by atoms with Crippen LogP contribution in [0.5, 0.6) is 0 Å². The molecule has 0 radical (unpaired) electrons. The summed E-state index contributed by atoms with van der Waals surface area (Å²) in [6.45, 7) is 0.341. The fourth-order valence-corrected chi connectivity index (χ4v) is 3.59. The Bertz CT molecular complexity index is 729. The number of anilines is 1. The second-order valence-corrected chi connectivity index (χ2v) is 8.03. The first-order valence-electron chi connectivity index (χ1n) is 7.11. The third-order valence-electron chi connectivity index (χ3n) is 3.84. The Morgan fingerprint density at radius 1 is 1.29 bits per heavy atom. The summed E-state index contributed by atoms with van der Waals surface area (Å²) < 4.78 is 63.2. The molecule has 0 atom stereocenters. The van der Waals surface area contributed by atoms with Gasteiger partial charge < -0.3 is 5.32 Å². The molecule has 134 valence electrons. The largest absolute Gasteiger partial charge is 0.418 e. The van der Waals surface area contributed by atoms with Crippen molar-refractivity contribution in [2.45, 2.75) is 19.0 Å². The molecule has 1 aromatic rings. The minimum Gasteiger partial charge on any atom is -0.325 e. The van der Waals surface area contributed by atoms with E-state index in [2.05, 4.69) is 5.32 Å². The van der Waals surface area contributed by atoms with E-state index in [0.717, 1.165) is 18.4 Å². The Morgan fingerprint density at radius 2 is 1.88 bits per heavy atom. The smallest absolute Gasteiger partial charge is 0.325 e. The van der Waals surface area contributed by atoms with Crippen molar-refractivity contribution in [3.63, 3.8) is 0 Å². The van der Waals surface area contributed by atoms with E-state index in [4.69, 9.17) is 11.6 Å². The van der Waals surface area contributed by atoms with Crippen LogP contribution in [-0.2, 0) is 21.0 Å². The third-order valence-corrected chi connectivity index (χ3v) is 5.38. The number of alkyl halides is 3. The van der Waals surface area contributed by atoms with Crippen LogP contribution in [0.4, 0.5) is 18.9 Å². The SMILES string of the molecule is CS(=O)(=O)N1CCC(C(=O)Nc2ccc(Cl)cc2C(F)(F)F)CC1. The molecule has 0 bridgehead atoms. The van der Waals surface area contributed by atoms with Crippen LogP contribution in [0.1, 0.15) is 18.4 Å². The molecule has 0 saturated carbocycles. The number of carbonyl (C=O) groups is 1. The molecule has 0 aliphatic carbocycles. The zero-order chi connectivity index (χ0) is 18.1. The van der Waals surface area contributed by atoms with E-state index >= 15 is 0 Å². The van der Waals surface area contributed by atoms with Crippen LogP contribution in [0.3, 0.4) is 0 Å². The molecule has 2 rings (SSSR count). The van der Waals surface area contributed by atoms with E-state index in [0.29, 0.717) is 0 Å². The number of amides is 1. The fraction of sp³-hybridized carbons (Fsp3) is 0.500. The summed E-state index contributed by atoms with van der Waals surface area (Å²) in [6.07, 6.45) is -3.05. The number of halogens is 4. The Balaban J connectivity index is 2.09. The number of nitrogens with zero attached hydrogens (tertiary/aromatic N) is 1. The van der Waals surface area contributed by atoms with Gasteiger partial charge in [-0.05, 0) is 31.0 Å². The molecule has 1 aromatic carbocycles. The summed E-state index contributed by atoms with van der Waals surface area (Å²) in [7, 11) is -3.33. The van der Waals surface area contributed by atoms with Crippen LogP contribution in [0.25, 0.3) is 0 Å². The maximum absolute atomic E-state index is 13.0. The molecule has 0 spiro atoms. The van der Waals surface area contributed by atoms with Gasteiger partial charge in [0, 0.05) is 24.0 Å². The molecule has 1 heterocycles. The van der Waals surface area contributed by atoms with Crippen LogP contribution >= 0.6 is 11.6 Å². The lowest BCUT2D eigenvalue weighted by Crippen LogP contribution is -2.41. The highest BCUT2D eigenvalue weighted by Crippen LogP contribution is 2.37. The molecule has 0 aromatic heterocycles. The molecule has 1 aliphatic heterocycles. The van der Waals surface area contributed by atoms with Crippen LogP contribution in [0.2, 0.25) is 5.02 Å². The minimum atomic E-state index is -4.65. The van der Waals surface area contributed by atoms with E-state index in [1.54, 1.807) is 0 Å². The van der Waals surface area contributed by atoms with Gasteiger partial charge in [0.2, 0.25) is 15.9 Å². The van der Waals surface area contributed by atoms with Crippen molar-refractivity contribution < 1.29 is 26.4 Å². The summed E-state index contributed by atoms with van der Waals surface area (Å²) >= 11 is 5.59. The Labute approximate surface area is 142 Å². The summed E-state index contributed by atoms with van der Waals surface area (Å²) in [5.41, 5.74) is -1.38. The summed E-state index contributed by atoms with van der Waals surface area (Å²) in [5, 5.41) is 2.20. The lowest BCUT2D eigenvalue weighted by atomic mass is 9.97. The highest BCUT2D eigenvalue weighted by molar-refractivity contribution is 7.88. The summed E-state index contributed by atoms with van der Waals surface area (Å²) in [6, 6.07) is 3.12. The number of piperidine rings is 1. The van der Waals surface area contributed by atoms with Crippen LogP contribution < -0.4 is 5.32 Å². The van der Waals surface area contributed by atoms with Crippen molar-refractivity contribution in [2.75, 3.05) is 24.7 Å². The molecule has 1 fully saturated rings. The zero-order valence-corrected chi connectivity index (χ0v) is 14.3. The molecule has 24 heavy (non-hydrogen) atoms. The van der Waals surface area contributed by atoms with Gasteiger partial charge in [0.15, 0.2) is 0 Å². The number of rotatable bonds is 3. The number of hydrogen-bond donors (Lipinski definition) is 1. The van der Waals surface area contributed by atoms with E-state index in [9.17, 15) is 26.4 Å². The van der Waals surface area contributed by atoms with Gasteiger partial charge in [-0.3, -0.25) is 4.79 Å². The number of nitrogens with one attached hydrogen (secondary N) is 1. The average Bonchev–Trinajstić information content (AvgIpc) is 2.47. The average molecular weight is 385 g/mol. The van der Waals surface area contributed by atoms with E-state index in [-0.39, 0.29) is 36.6 Å². The van der Waals surface area contributed by atoms with Crippen molar-refractivity contribution in [3.8, 4) is 0 Å². The van der Waals surface area contributed by atoms with Crippen molar-refractivity contribution >= 4 is 33.2 Å². The Morgan fingerprint density at radius 3 is 2.38 bits per heavy atom. The maximum atomic E-state index is 13.0. The molecule has 1 amide bonds. The first kappa shape index (κ1) is 19.0. The van der Waals surface area contributed by atoms with Crippen molar-refractivity contribution in [2.24, 2.45) is 5.92 Å². The van der Waals surface area contributed by atoms with E-state index in [1.807, 2.05) is 0 Å². The van der Waals surface area contributed by atoms with Gasteiger partial charge in [0.1, 0.15) is 0 Å². The van der Waals surface area contributed by atoms with Crippen LogP contribution in [0, 0.1) is 5.92 Å². The molecular formula is C14H16ClF3N2O3S. The number of carbonyl (C=O) groups excluding carboxylic acids is 1. The van der Waals surface area contributed by atoms with Crippen LogP contribution in [0.15, 0.2) is 18.2 Å². The first-order valence-corrected chi connectivity index (χ1v) is 9.34. The topological polar surface area (TPSA) is 66.5 Å². The second-order valence-electron chi connectivity index (χ2n) is 5.61. The molecule has 1 N–H and O–H groups in total. The predicted octanol–water partition coefficient (Wildman–Crippen LogP) is 2.97. The monoisotopic (exact) mass is 384 g/mol. The number of sulfonamides is 1. The molecule has 5 nitrogen and oxygen atoms in total. The van der Waals surface area contributed by atoms with Gasteiger partial charge in [0.25, 0.3) is 0 Å². The van der Waals surface area contributed by atoms with Gasteiger partial charge in [0.05, 0.1) is 17.5 Å². The van der Waals surface area contributed by atoms with Gasteiger partial charge in [-0.25, -0.2) is 12.7 Å².